The van der Waals surface area contributed by atoms with Crippen LogP contribution in [0.4, 0.5) is 0 Å². The van der Waals surface area contributed by atoms with Crippen molar-refractivity contribution in [1.29, 1.82) is 0 Å². The Hall–Kier alpha value is -0.280. The van der Waals surface area contributed by atoms with Crippen LogP contribution in [0, 0.1) is 5.92 Å². The number of nitrogens with one attached hydrogen (secondary N) is 1. The van der Waals surface area contributed by atoms with E-state index < -0.39 is 0 Å². The summed E-state index contributed by atoms with van der Waals surface area (Å²) in [4.78, 5) is 0. The van der Waals surface area contributed by atoms with Crippen molar-refractivity contribution in [2.45, 2.75) is 32.4 Å². The molecule has 1 N–H and O–H groups in total. The second-order valence-corrected chi connectivity index (χ2v) is 5.81. The van der Waals surface area contributed by atoms with E-state index in [9.17, 15) is 0 Å². The molecule has 1 aromatic carbocycles. The van der Waals surface area contributed by atoms with Crippen LogP contribution in [0.5, 0.6) is 0 Å². The molecule has 1 saturated heterocycles. The van der Waals surface area contributed by atoms with E-state index in [-0.39, 0.29) is 6.04 Å². The van der Waals surface area contributed by atoms with Gasteiger partial charge in [-0.05, 0) is 43.9 Å². The number of ether oxygens (including phenoxy) is 1. The fourth-order valence-electron chi connectivity index (χ4n) is 2.42. The molecule has 3 atom stereocenters. The highest BCUT2D eigenvalue weighted by Crippen LogP contribution is 2.27. The standard InChI is InChI=1S/C14H19Cl2NO/c1-9(11-5-6-18-8-11)17-10(2)13-4-3-12(15)7-14(13)16/h3-4,7,9-11,17H,5-6,8H2,1-2H3. The molecule has 18 heavy (non-hydrogen) atoms. The van der Waals surface area contributed by atoms with Crippen molar-refractivity contribution in [3.05, 3.63) is 33.8 Å². The second-order valence-electron chi connectivity index (χ2n) is 4.97. The van der Waals surface area contributed by atoms with Crippen LogP contribution < -0.4 is 5.32 Å². The van der Waals surface area contributed by atoms with E-state index in [0.29, 0.717) is 17.0 Å². The predicted molar refractivity (Wildman–Crippen MR) is 76.4 cm³/mol. The lowest BCUT2D eigenvalue weighted by Gasteiger charge is -2.25. The summed E-state index contributed by atoms with van der Waals surface area (Å²) < 4.78 is 5.42. The van der Waals surface area contributed by atoms with Crippen LogP contribution in [0.1, 0.15) is 31.9 Å². The highest BCUT2D eigenvalue weighted by atomic mass is 35.5. The number of hydrogen-bond donors (Lipinski definition) is 1. The lowest BCUT2D eigenvalue weighted by molar-refractivity contribution is 0.177. The number of halogens is 2. The fraction of sp³-hybridized carbons (Fsp3) is 0.571. The van der Waals surface area contributed by atoms with E-state index in [1.807, 2.05) is 12.1 Å². The minimum atomic E-state index is 0.213. The molecule has 1 fully saturated rings. The first kappa shape index (κ1) is 14.1. The van der Waals surface area contributed by atoms with Crippen LogP contribution in [-0.2, 0) is 4.74 Å². The van der Waals surface area contributed by atoms with E-state index in [0.717, 1.165) is 30.2 Å². The molecule has 0 spiro atoms. The van der Waals surface area contributed by atoms with Gasteiger partial charge in [0, 0.05) is 28.7 Å². The molecule has 2 rings (SSSR count). The zero-order valence-corrected chi connectivity index (χ0v) is 12.3. The summed E-state index contributed by atoms with van der Waals surface area (Å²) in [6, 6.07) is 6.30. The maximum atomic E-state index is 6.22. The Morgan fingerprint density at radius 2 is 2.11 bits per heavy atom. The first-order valence-corrected chi connectivity index (χ1v) is 7.12. The van der Waals surface area contributed by atoms with Gasteiger partial charge < -0.3 is 10.1 Å². The Balaban J connectivity index is 2.00. The van der Waals surface area contributed by atoms with Crippen LogP contribution in [0.25, 0.3) is 0 Å². The smallest absolute Gasteiger partial charge is 0.0509 e. The Bertz CT molecular complexity index is 405. The van der Waals surface area contributed by atoms with Gasteiger partial charge in [0.15, 0.2) is 0 Å². The van der Waals surface area contributed by atoms with Gasteiger partial charge in [0.25, 0.3) is 0 Å². The molecule has 1 aliphatic rings. The Labute approximate surface area is 119 Å². The summed E-state index contributed by atoms with van der Waals surface area (Å²) in [5.74, 6) is 0.596. The van der Waals surface area contributed by atoms with E-state index in [2.05, 4.69) is 19.2 Å². The topological polar surface area (TPSA) is 21.3 Å². The van der Waals surface area contributed by atoms with Crippen molar-refractivity contribution in [1.82, 2.24) is 5.32 Å². The average molecular weight is 288 g/mol. The molecule has 0 aliphatic carbocycles. The van der Waals surface area contributed by atoms with Crippen LogP contribution >= 0.6 is 23.2 Å². The van der Waals surface area contributed by atoms with Gasteiger partial charge in [-0.25, -0.2) is 0 Å². The molecule has 4 heteroatoms. The molecule has 0 aromatic heterocycles. The lowest BCUT2D eigenvalue weighted by atomic mass is 9.98. The molecule has 2 nitrogen and oxygen atoms in total. The number of hydrogen-bond acceptors (Lipinski definition) is 2. The maximum absolute atomic E-state index is 6.22. The van der Waals surface area contributed by atoms with Crippen molar-refractivity contribution >= 4 is 23.2 Å². The van der Waals surface area contributed by atoms with E-state index in [1.54, 1.807) is 6.07 Å². The van der Waals surface area contributed by atoms with Gasteiger partial charge in [0.05, 0.1) is 6.61 Å². The van der Waals surface area contributed by atoms with Crippen molar-refractivity contribution < 1.29 is 4.74 Å². The highest BCUT2D eigenvalue weighted by molar-refractivity contribution is 6.35. The molecule has 0 amide bonds. The molecule has 0 bridgehead atoms. The lowest BCUT2D eigenvalue weighted by Crippen LogP contribution is -2.35. The molecule has 0 radical (unpaired) electrons. The molecule has 1 aliphatic heterocycles. The summed E-state index contributed by atoms with van der Waals surface area (Å²) >= 11 is 12.1. The summed E-state index contributed by atoms with van der Waals surface area (Å²) in [6.07, 6.45) is 1.13. The number of benzene rings is 1. The van der Waals surface area contributed by atoms with Gasteiger partial charge in [-0.15, -0.1) is 0 Å². The largest absolute Gasteiger partial charge is 0.381 e. The van der Waals surface area contributed by atoms with Crippen LogP contribution in [0.15, 0.2) is 18.2 Å². The molecular weight excluding hydrogens is 269 g/mol. The zero-order valence-electron chi connectivity index (χ0n) is 10.7. The summed E-state index contributed by atoms with van der Waals surface area (Å²) in [5, 5.41) is 4.98. The third-order valence-electron chi connectivity index (χ3n) is 3.61. The van der Waals surface area contributed by atoms with Crippen LogP contribution in [0.2, 0.25) is 10.0 Å². The Morgan fingerprint density at radius 1 is 1.33 bits per heavy atom. The predicted octanol–water partition coefficient (Wildman–Crippen LogP) is 4.07. The van der Waals surface area contributed by atoms with Gasteiger partial charge in [0.1, 0.15) is 0 Å². The fourth-order valence-corrected chi connectivity index (χ4v) is 2.99. The van der Waals surface area contributed by atoms with Gasteiger partial charge in [0.2, 0.25) is 0 Å². The molecular formula is C14H19Cl2NO. The Morgan fingerprint density at radius 3 is 2.72 bits per heavy atom. The van der Waals surface area contributed by atoms with Crippen molar-refractivity contribution in [3.8, 4) is 0 Å². The van der Waals surface area contributed by atoms with E-state index in [4.69, 9.17) is 27.9 Å². The van der Waals surface area contributed by atoms with Crippen LogP contribution in [-0.4, -0.2) is 19.3 Å². The minimum Gasteiger partial charge on any atom is -0.381 e. The average Bonchev–Trinajstić information content (AvgIpc) is 2.81. The SMILES string of the molecule is CC(NC(C)C1CCOC1)c1ccc(Cl)cc1Cl. The first-order valence-electron chi connectivity index (χ1n) is 6.36. The van der Waals surface area contributed by atoms with Crippen molar-refractivity contribution in [2.24, 2.45) is 5.92 Å². The van der Waals surface area contributed by atoms with Crippen molar-refractivity contribution in [3.63, 3.8) is 0 Å². The summed E-state index contributed by atoms with van der Waals surface area (Å²) in [6.45, 7) is 6.07. The minimum absolute atomic E-state index is 0.213. The third kappa shape index (κ3) is 3.39. The van der Waals surface area contributed by atoms with Crippen LogP contribution in [0.3, 0.4) is 0 Å². The first-order chi connectivity index (χ1) is 8.58. The maximum Gasteiger partial charge on any atom is 0.0509 e. The highest BCUT2D eigenvalue weighted by Gasteiger charge is 2.24. The summed E-state index contributed by atoms with van der Waals surface area (Å²) in [5.41, 5.74) is 1.09. The van der Waals surface area contributed by atoms with Gasteiger partial charge in [-0.3, -0.25) is 0 Å². The number of rotatable bonds is 4. The molecule has 0 saturated carbocycles. The monoisotopic (exact) mass is 287 g/mol. The van der Waals surface area contributed by atoms with Crippen molar-refractivity contribution in [2.75, 3.05) is 13.2 Å². The van der Waals surface area contributed by atoms with Gasteiger partial charge >= 0.3 is 0 Å². The van der Waals surface area contributed by atoms with E-state index in [1.165, 1.54) is 0 Å². The zero-order chi connectivity index (χ0) is 13.1. The quantitative estimate of drug-likeness (QED) is 0.901. The molecule has 3 unspecified atom stereocenters. The summed E-state index contributed by atoms with van der Waals surface area (Å²) in [7, 11) is 0. The molecule has 1 heterocycles. The van der Waals surface area contributed by atoms with Gasteiger partial charge in [-0.2, -0.15) is 0 Å². The third-order valence-corrected chi connectivity index (χ3v) is 4.18. The Kier molecular flexibility index (Phi) is 4.91. The van der Waals surface area contributed by atoms with Gasteiger partial charge in [-0.1, -0.05) is 29.3 Å². The normalized spacial score (nSPS) is 23.0. The molecule has 1 aromatic rings. The second kappa shape index (κ2) is 6.25. The van der Waals surface area contributed by atoms with E-state index >= 15 is 0 Å². The molecule has 100 valence electrons.